The van der Waals surface area contributed by atoms with Crippen LogP contribution in [0.1, 0.15) is 26.2 Å². The Bertz CT molecular complexity index is 115. The van der Waals surface area contributed by atoms with E-state index in [9.17, 15) is 0 Å². The van der Waals surface area contributed by atoms with Crippen LogP contribution in [0, 0.1) is 5.41 Å². The van der Waals surface area contributed by atoms with Crippen LogP contribution in [0.15, 0.2) is 0 Å². The quantitative estimate of drug-likeness (QED) is 0.474. The summed E-state index contributed by atoms with van der Waals surface area (Å²) in [5, 5.41) is 0. The molecule has 0 amide bonds. The Kier molecular flexibility index (Phi) is 0.963. The van der Waals surface area contributed by atoms with E-state index in [0.29, 0.717) is 0 Å². The Morgan fingerprint density at radius 1 is 1.44 bits per heavy atom. The summed E-state index contributed by atoms with van der Waals surface area (Å²) in [5.41, 5.74) is 0.814. The van der Waals surface area contributed by atoms with Crippen LogP contribution in [0.5, 0.6) is 0 Å². The minimum atomic E-state index is 0.814. The molecule has 0 aromatic rings. The summed E-state index contributed by atoms with van der Waals surface area (Å²) >= 11 is 0. The summed E-state index contributed by atoms with van der Waals surface area (Å²) in [4.78, 5) is 2.49. The van der Waals surface area contributed by atoms with Crippen LogP contribution in [0.25, 0.3) is 0 Å². The van der Waals surface area contributed by atoms with E-state index in [1.165, 1.54) is 25.8 Å². The monoisotopic (exact) mass is 125 g/mol. The fraction of sp³-hybridized carbons (Fsp3) is 1.00. The summed E-state index contributed by atoms with van der Waals surface area (Å²) < 4.78 is 0. The first-order valence-corrected chi connectivity index (χ1v) is 3.92. The highest BCUT2D eigenvalue weighted by Crippen LogP contribution is 2.54. The Morgan fingerprint density at radius 3 is 2.33 bits per heavy atom. The van der Waals surface area contributed by atoms with Crippen molar-refractivity contribution in [3.8, 4) is 0 Å². The lowest BCUT2D eigenvalue weighted by Gasteiger charge is -2.12. The highest BCUT2D eigenvalue weighted by Gasteiger charge is 2.49. The van der Waals surface area contributed by atoms with Gasteiger partial charge in [-0.25, -0.2) is 0 Å². The van der Waals surface area contributed by atoms with Crippen molar-refractivity contribution >= 4 is 0 Å². The van der Waals surface area contributed by atoms with E-state index in [4.69, 9.17) is 0 Å². The average Bonchev–Trinajstić information content (AvgIpc) is 2.42. The van der Waals surface area contributed by atoms with Gasteiger partial charge in [-0.3, -0.25) is 0 Å². The third-order valence-corrected chi connectivity index (χ3v) is 3.02. The molecule has 2 aliphatic rings. The molecule has 1 atom stereocenters. The number of rotatable bonds is 0. The summed E-state index contributed by atoms with van der Waals surface area (Å²) in [6, 6.07) is 0.854. The first kappa shape index (κ1) is 5.72. The fourth-order valence-electron chi connectivity index (χ4n) is 2.07. The summed E-state index contributed by atoms with van der Waals surface area (Å²) in [5.74, 6) is 0. The second-order valence-electron chi connectivity index (χ2n) is 3.97. The van der Waals surface area contributed by atoms with Crippen LogP contribution >= 0.6 is 0 Å². The van der Waals surface area contributed by atoms with Gasteiger partial charge in [-0.2, -0.15) is 0 Å². The van der Waals surface area contributed by atoms with E-state index in [2.05, 4.69) is 18.9 Å². The van der Waals surface area contributed by atoms with E-state index < -0.39 is 0 Å². The molecule has 1 nitrogen and oxygen atoms in total. The van der Waals surface area contributed by atoms with Crippen molar-refractivity contribution in [3.63, 3.8) is 0 Å². The zero-order chi connectivity index (χ0) is 6.48. The van der Waals surface area contributed by atoms with Gasteiger partial charge < -0.3 is 4.90 Å². The smallest absolute Gasteiger partial charge is 0.00698 e. The molecule has 0 aromatic heterocycles. The predicted octanol–water partition coefficient (Wildman–Crippen LogP) is 1.49. The Hall–Kier alpha value is -0.0400. The molecule has 0 bridgehead atoms. The minimum Gasteiger partial charge on any atom is -0.303 e. The highest BCUT2D eigenvalue weighted by molar-refractivity contribution is 5.02. The summed E-state index contributed by atoms with van der Waals surface area (Å²) in [6.45, 7) is 3.71. The first-order valence-electron chi connectivity index (χ1n) is 3.92. The second kappa shape index (κ2) is 1.51. The van der Waals surface area contributed by atoms with Gasteiger partial charge in [0.15, 0.2) is 0 Å². The van der Waals surface area contributed by atoms with Crippen molar-refractivity contribution in [2.45, 2.75) is 32.2 Å². The molecule has 1 aliphatic carbocycles. The molecule has 1 aliphatic heterocycles. The molecular formula is C8H15N. The van der Waals surface area contributed by atoms with Crippen molar-refractivity contribution in [1.29, 1.82) is 0 Å². The van der Waals surface area contributed by atoms with Crippen molar-refractivity contribution < 1.29 is 0 Å². The van der Waals surface area contributed by atoms with Crippen molar-refractivity contribution in [3.05, 3.63) is 0 Å². The van der Waals surface area contributed by atoms with Crippen LogP contribution < -0.4 is 0 Å². The summed E-state index contributed by atoms with van der Waals surface area (Å²) in [6.07, 6.45) is 4.47. The molecule has 1 saturated carbocycles. The lowest BCUT2D eigenvalue weighted by molar-refractivity contribution is 0.323. The first-order chi connectivity index (χ1) is 4.22. The van der Waals surface area contributed by atoms with Crippen LogP contribution in [-0.2, 0) is 0 Å². The highest BCUT2D eigenvalue weighted by atomic mass is 15.2. The number of hydrogen-bond acceptors (Lipinski definition) is 1. The maximum Gasteiger partial charge on any atom is 0.00698 e. The average molecular weight is 125 g/mol. The lowest BCUT2D eigenvalue weighted by atomic mass is 10.0. The lowest BCUT2D eigenvalue weighted by Crippen LogP contribution is -2.21. The zero-order valence-corrected chi connectivity index (χ0v) is 6.35. The van der Waals surface area contributed by atoms with Crippen LogP contribution in [-0.4, -0.2) is 24.5 Å². The Labute approximate surface area is 57.0 Å². The predicted molar refractivity (Wildman–Crippen MR) is 38.4 cm³/mol. The van der Waals surface area contributed by atoms with Gasteiger partial charge in [-0.05, 0) is 38.6 Å². The second-order valence-corrected chi connectivity index (χ2v) is 3.97. The molecule has 0 aromatic carbocycles. The van der Waals surface area contributed by atoms with E-state index in [1.807, 2.05) is 0 Å². The standard InChI is InChI=1S/C8H15N/c1-7-5-8(3-4-8)6-9(7)2/h7H,3-6H2,1-2H3. The van der Waals surface area contributed by atoms with Crippen LogP contribution in [0.2, 0.25) is 0 Å². The molecule has 1 saturated heterocycles. The molecule has 2 fully saturated rings. The minimum absolute atomic E-state index is 0.814. The largest absolute Gasteiger partial charge is 0.303 e. The molecule has 1 heterocycles. The normalized spacial score (nSPS) is 40.0. The van der Waals surface area contributed by atoms with Gasteiger partial charge in [0.05, 0.1) is 0 Å². The van der Waals surface area contributed by atoms with Crippen molar-refractivity contribution in [2.24, 2.45) is 5.41 Å². The molecule has 0 N–H and O–H groups in total. The molecule has 0 radical (unpaired) electrons. The van der Waals surface area contributed by atoms with Gasteiger partial charge in [0.25, 0.3) is 0 Å². The molecule has 52 valence electrons. The third kappa shape index (κ3) is 0.787. The van der Waals surface area contributed by atoms with E-state index in [1.54, 1.807) is 0 Å². The zero-order valence-electron chi connectivity index (χ0n) is 6.35. The van der Waals surface area contributed by atoms with Gasteiger partial charge >= 0.3 is 0 Å². The van der Waals surface area contributed by atoms with E-state index in [-0.39, 0.29) is 0 Å². The fourth-order valence-corrected chi connectivity index (χ4v) is 2.07. The van der Waals surface area contributed by atoms with Gasteiger partial charge in [-0.1, -0.05) is 0 Å². The maximum atomic E-state index is 2.49. The Morgan fingerprint density at radius 2 is 2.11 bits per heavy atom. The Balaban J connectivity index is 2.06. The van der Waals surface area contributed by atoms with Gasteiger partial charge in [0.1, 0.15) is 0 Å². The number of nitrogens with zero attached hydrogens (tertiary/aromatic N) is 1. The molecule has 2 rings (SSSR count). The van der Waals surface area contributed by atoms with Gasteiger partial charge in [0.2, 0.25) is 0 Å². The van der Waals surface area contributed by atoms with E-state index >= 15 is 0 Å². The number of hydrogen-bond donors (Lipinski definition) is 0. The van der Waals surface area contributed by atoms with Crippen LogP contribution in [0.3, 0.4) is 0 Å². The van der Waals surface area contributed by atoms with Gasteiger partial charge in [0, 0.05) is 12.6 Å². The molecule has 1 unspecified atom stereocenters. The topological polar surface area (TPSA) is 3.24 Å². The molecule has 1 spiro atoms. The van der Waals surface area contributed by atoms with Crippen LogP contribution in [0.4, 0.5) is 0 Å². The third-order valence-electron chi connectivity index (χ3n) is 3.02. The van der Waals surface area contributed by atoms with Gasteiger partial charge in [-0.15, -0.1) is 0 Å². The molecule has 9 heavy (non-hydrogen) atoms. The molecular weight excluding hydrogens is 110 g/mol. The maximum absolute atomic E-state index is 2.49. The SMILES string of the molecule is CC1CC2(CC2)CN1C. The van der Waals surface area contributed by atoms with Crippen molar-refractivity contribution in [1.82, 2.24) is 4.90 Å². The van der Waals surface area contributed by atoms with E-state index in [0.717, 1.165) is 11.5 Å². The van der Waals surface area contributed by atoms with Crippen molar-refractivity contribution in [2.75, 3.05) is 13.6 Å². The summed E-state index contributed by atoms with van der Waals surface area (Å²) in [7, 11) is 2.25. The number of likely N-dealkylation sites (tertiary alicyclic amines) is 1. The molecule has 1 heteroatoms.